The van der Waals surface area contributed by atoms with E-state index in [1.54, 1.807) is 0 Å². The molecule has 3 heterocycles. The Morgan fingerprint density at radius 2 is 0.727 bits per heavy atom. The largest absolute Gasteiger partial charge is 0.309 e. The number of nitriles is 1. The van der Waals surface area contributed by atoms with Crippen molar-refractivity contribution in [2.24, 2.45) is 0 Å². The first-order chi connectivity index (χ1) is 32.7. The van der Waals surface area contributed by atoms with Crippen LogP contribution in [-0.4, -0.2) is 21.8 Å². The van der Waals surface area contributed by atoms with Crippen LogP contribution in [0.5, 0.6) is 0 Å². The van der Waals surface area contributed by atoms with Crippen molar-refractivity contribution in [3.63, 3.8) is 0 Å². The van der Waals surface area contributed by atoms with Crippen molar-refractivity contribution in [1.82, 2.24) is 13.7 Å². The van der Waals surface area contributed by atoms with Gasteiger partial charge in [-0.05, 0) is 81.4 Å². The average molecular weight is 857 g/mol. The summed E-state index contributed by atoms with van der Waals surface area (Å²) in [6, 6.07) is 90.9. The lowest BCUT2D eigenvalue weighted by molar-refractivity contribution is 1.13. The van der Waals surface area contributed by atoms with E-state index in [4.69, 9.17) is 0 Å². The van der Waals surface area contributed by atoms with E-state index in [0.29, 0.717) is 5.56 Å². The van der Waals surface area contributed by atoms with Gasteiger partial charge >= 0.3 is 0 Å². The summed E-state index contributed by atoms with van der Waals surface area (Å²) in [5.41, 5.74) is 10.5. The number of rotatable bonds is 7. The predicted octanol–water partition coefficient (Wildman–Crippen LogP) is 12.2. The molecule has 0 bridgehead atoms. The summed E-state index contributed by atoms with van der Waals surface area (Å²) in [6.45, 7) is 0. The quantitative estimate of drug-likeness (QED) is 0.116. The SMILES string of the molecule is N#Cc1ccc2c3ccccc3n(-c3cccc4c5ccccc5n(-c5ccc6c7ccccc7n(-c7ccc([Si](c8ccccc8)(c8ccccc8)c8ccccc8)cc7)c6c5)c34)c2c1. The summed E-state index contributed by atoms with van der Waals surface area (Å²) in [6.07, 6.45) is 0. The van der Waals surface area contributed by atoms with Crippen LogP contribution in [0, 0.1) is 11.3 Å². The molecule has 3 aromatic heterocycles. The Kier molecular flexibility index (Phi) is 8.57. The standard InChI is InChI=1S/C61H40N4Si/c62-41-42-31-37-52-50-24-11-15-29-57(50)65(59(52)39-42)58-30-16-26-54-51-25-12-14-28-56(51)64(61(54)58)44-34-38-53-49-23-10-13-27-55(49)63(60(53)40-44)43-32-35-48(36-33-43)66(45-17-4-1-5-18-45,46-19-6-2-7-20-46)47-21-8-3-9-22-47/h1-40H. The second-order valence-corrected chi connectivity index (χ2v) is 21.0. The Balaban J connectivity index is 1.06. The third-order valence-electron chi connectivity index (χ3n) is 13.8. The predicted molar refractivity (Wildman–Crippen MR) is 278 cm³/mol. The molecular formula is C61H40N4Si. The van der Waals surface area contributed by atoms with Crippen LogP contribution in [0.1, 0.15) is 5.56 Å². The molecule has 0 unspecified atom stereocenters. The molecule has 13 aromatic rings. The van der Waals surface area contributed by atoms with Crippen LogP contribution in [-0.2, 0) is 0 Å². The molecule has 0 fully saturated rings. The van der Waals surface area contributed by atoms with Gasteiger partial charge in [0.15, 0.2) is 8.07 Å². The zero-order chi connectivity index (χ0) is 43.8. The molecule has 10 aromatic carbocycles. The van der Waals surface area contributed by atoms with Crippen LogP contribution in [0.2, 0.25) is 0 Å². The molecule has 0 N–H and O–H groups in total. The fourth-order valence-electron chi connectivity index (χ4n) is 11.0. The molecule has 0 amide bonds. The molecule has 0 radical (unpaired) electrons. The first-order valence-corrected chi connectivity index (χ1v) is 24.5. The molecule has 13 rings (SSSR count). The zero-order valence-corrected chi connectivity index (χ0v) is 36.9. The Morgan fingerprint density at radius 3 is 1.30 bits per heavy atom. The molecule has 0 aliphatic rings. The number of aromatic nitrogens is 3. The number of fused-ring (bicyclic) bond motifs is 9. The zero-order valence-electron chi connectivity index (χ0n) is 35.9. The highest BCUT2D eigenvalue weighted by Gasteiger charge is 2.41. The number of hydrogen-bond donors (Lipinski definition) is 0. The highest BCUT2D eigenvalue weighted by Crippen LogP contribution is 2.41. The van der Waals surface area contributed by atoms with Gasteiger partial charge in [0.25, 0.3) is 0 Å². The molecule has 66 heavy (non-hydrogen) atoms. The van der Waals surface area contributed by atoms with E-state index in [2.05, 4.69) is 250 Å². The second-order valence-electron chi connectivity index (χ2n) is 17.2. The third-order valence-corrected chi connectivity index (χ3v) is 18.6. The number of benzene rings is 10. The summed E-state index contributed by atoms with van der Waals surface area (Å²) in [5.74, 6) is 0. The second kappa shape index (κ2) is 15.0. The summed E-state index contributed by atoms with van der Waals surface area (Å²) >= 11 is 0. The van der Waals surface area contributed by atoms with Crippen molar-refractivity contribution in [3.05, 3.63) is 248 Å². The van der Waals surface area contributed by atoms with E-state index in [0.717, 1.165) is 60.9 Å². The monoisotopic (exact) mass is 856 g/mol. The number of nitrogens with zero attached hydrogens (tertiary/aromatic N) is 4. The summed E-state index contributed by atoms with van der Waals surface area (Å²) in [5, 5.41) is 22.5. The van der Waals surface area contributed by atoms with E-state index in [1.807, 2.05) is 12.1 Å². The number of hydrogen-bond acceptors (Lipinski definition) is 1. The first-order valence-electron chi connectivity index (χ1n) is 22.5. The molecule has 0 spiro atoms. The fourth-order valence-corrected chi connectivity index (χ4v) is 15.8. The maximum Gasteiger partial charge on any atom is 0.179 e. The highest BCUT2D eigenvalue weighted by atomic mass is 28.3. The lowest BCUT2D eigenvalue weighted by atomic mass is 10.1. The van der Waals surface area contributed by atoms with Gasteiger partial charge in [0.1, 0.15) is 0 Å². The van der Waals surface area contributed by atoms with Gasteiger partial charge in [-0.1, -0.05) is 182 Å². The lowest BCUT2D eigenvalue weighted by Crippen LogP contribution is -2.74. The summed E-state index contributed by atoms with van der Waals surface area (Å²) in [4.78, 5) is 0. The maximum absolute atomic E-state index is 10.1. The van der Waals surface area contributed by atoms with Gasteiger partial charge in [0.2, 0.25) is 0 Å². The first kappa shape index (κ1) is 37.8. The minimum absolute atomic E-state index is 0.638. The van der Waals surface area contributed by atoms with Crippen molar-refractivity contribution in [1.29, 1.82) is 5.26 Å². The van der Waals surface area contributed by atoms with E-state index in [9.17, 15) is 5.26 Å². The highest BCUT2D eigenvalue weighted by molar-refractivity contribution is 7.19. The molecule has 5 heteroatoms. The smallest absolute Gasteiger partial charge is 0.179 e. The molecule has 0 aliphatic heterocycles. The van der Waals surface area contributed by atoms with Gasteiger partial charge in [0, 0.05) is 43.7 Å². The van der Waals surface area contributed by atoms with Gasteiger partial charge in [-0.25, -0.2) is 0 Å². The average Bonchev–Trinajstić information content (AvgIpc) is 4.03. The Labute approximate surface area is 382 Å². The minimum atomic E-state index is -2.71. The van der Waals surface area contributed by atoms with E-state index in [-0.39, 0.29) is 0 Å². The van der Waals surface area contributed by atoms with Crippen LogP contribution in [0.25, 0.3) is 82.5 Å². The topological polar surface area (TPSA) is 38.6 Å². The molecule has 0 saturated heterocycles. The van der Waals surface area contributed by atoms with Crippen molar-refractivity contribution >= 4 is 94.2 Å². The molecule has 308 valence electrons. The van der Waals surface area contributed by atoms with Crippen LogP contribution < -0.4 is 20.7 Å². The van der Waals surface area contributed by atoms with Crippen LogP contribution in [0.3, 0.4) is 0 Å². The fraction of sp³-hybridized carbons (Fsp3) is 0. The van der Waals surface area contributed by atoms with Crippen molar-refractivity contribution in [3.8, 4) is 23.1 Å². The molecule has 0 saturated carbocycles. The van der Waals surface area contributed by atoms with Crippen molar-refractivity contribution in [2.75, 3.05) is 0 Å². The summed E-state index contributed by atoms with van der Waals surface area (Å²) in [7, 11) is -2.71. The Hall–Kier alpha value is -8.69. The van der Waals surface area contributed by atoms with Crippen LogP contribution >= 0.6 is 0 Å². The lowest BCUT2D eigenvalue weighted by Gasteiger charge is -2.34. The Morgan fingerprint density at radius 1 is 0.303 bits per heavy atom. The summed E-state index contributed by atoms with van der Waals surface area (Å²) < 4.78 is 7.24. The van der Waals surface area contributed by atoms with E-state index in [1.165, 1.54) is 42.3 Å². The third kappa shape index (κ3) is 5.49. The van der Waals surface area contributed by atoms with Crippen LogP contribution in [0.4, 0.5) is 0 Å². The Bertz CT molecular complexity index is 3950. The van der Waals surface area contributed by atoms with E-state index >= 15 is 0 Å². The molecular weight excluding hydrogens is 817 g/mol. The van der Waals surface area contributed by atoms with Gasteiger partial charge in [-0.3, -0.25) is 0 Å². The van der Waals surface area contributed by atoms with Gasteiger partial charge in [-0.15, -0.1) is 0 Å². The van der Waals surface area contributed by atoms with Gasteiger partial charge in [-0.2, -0.15) is 5.26 Å². The van der Waals surface area contributed by atoms with Crippen LogP contribution in [0.15, 0.2) is 243 Å². The van der Waals surface area contributed by atoms with E-state index < -0.39 is 8.07 Å². The minimum Gasteiger partial charge on any atom is -0.309 e. The number of para-hydroxylation sites is 4. The molecule has 4 nitrogen and oxygen atoms in total. The van der Waals surface area contributed by atoms with Crippen molar-refractivity contribution in [2.45, 2.75) is 0 Å². The van der Waals surface area contributed by atoms with Gasteiger partial charge in [0.05, 0.1) is 50.4 Å². The normalized spacial score (nSPS) is 11.9. The maximum atomic E-state index is 10.1. The van der Waals surface area contributed by atoms with Gasteiger partial charge < -0.3 is 13.7 Å². The molecule has 0 atom stereocenters. The molecule has 0 aliphatic carbocycles. The van der Waals surface area contributed by atoms with Crippen molar-refractivity contribution < 1.29 is 0 Å².